The molecule has 4 heteroatoms. The number of halogens is 3. The van der Waals surface area contributed by atoms with Crippen LogP contribution in [0.3, 0.4) is 0 Å². The van der Waals surface area contributed by atoms with Crippen LogP contribution in [-0.2, 0) is 6.54 Å². The fourth-order valence-electron chi connectivity index (χ4n) is 1.84. The van der Waals surface area contributed by atoms with Gasteiger partial charge in [-0.2, -0.15) is 0 Å². The molecule has 0 aliphatic rings. The van der Waals surface area contributed by atoms with E-state index in [4.69, 9.17) is 0 Å². The molecule has 2 aromatic carbocycles. The third-order valence-corrected chi connectivity index (χ3v) is 4.22. The van der Waals surface area contributed by atoms with Gasteiger partial charge in [0.15, 0.2) is 0 Å². The first-order valence-electron chi connectivity index (χ1n) is 5.99. The van der Waals surface area contributed by atoms with Crippen LogP contribution < -0.4 is 5.32 Å². The summed E-state index contributed by atoms with van der Waals surface area (Å²) in [6, 6.07) is 13.1. The maximum absolute atomic E-state index is 13.2. The SMILES string of the molecule is C[C@@H](NCc1cc(F)ccc1Br)c1cccc(Br)c1. The smallest absolute Gasteiger partial charge is 0.123 e. The van der Waals surface area contributed by atoms with Crippen LogP contribution >= 0.6 is 31.9 Å². The minimum absolute atomic E-state index is 0.202. The van der Waals surface area contributed by atoms with Gasteiger partial charge in [0.05, 0.1) is 0 Å². The normalized spacial score (nSPS) is 12.4. The van der Waals surface area contributed by atoms with Crippen molar-refractivity contribution in [3.05, 3.63) is 68.4 Å². The molecule has 0 amide bonds. The van der Waals surface area contributed by atoms with E-state index in [0.717, 1.165) is 14.5 Å². The van der Waals surface area contributed by atoms with Crippen LogP contribution in [0.4, 0.5) is 4.39 Å². The molecule has 0 unspecified atom stereocenters. The molecule has 2 aromatic rings. The van der Waals surface area contributed by atoms with Gasteiger partial charge >= 0.3 is 0 Å². The van der Waals surface area contributed by atoms with Crippen molar-refractivity contribution in [2.75, 3.05) is 0 Å². The van der Waals surface area contributed by atoms with E-state index in [0.29, 0.717) is 6.54 Å². The van der Waals surface area contributed by atoms with Gasteiger partial charge in [-0.3, -0.25) is 0 Å². The van der Waals surface area contributed by atoms with Gasteiger partial charge in [-0.15, -0.1) is 0 Å². The van der Waals surface area contributed by atoms with Crippen molar-refractivity contribution in [2.45, 2.75) is 19.5 Å². The third-order valence-electron chi connectivity index (χ3n) is 2.96. The maximum Gasteiger partial charge on any atom is 0.123 e. The first-order chi connectivity index (χ1) is 9.06. The van der Waals surface area contributed by atoms with Crippen molar-refractivity contribution < 1.29 is 4.39 Å². The third kappa shape index (κ3) is 4.13. The van der Waals surface area contributed by atoms with Crippen molar-refractivity contribution in [3.63, 3.8) is 0 Å². The topological polar surface area (TPSA) is 12.0 Å². The van der Waals surface area contributed by atoms with E-state index in [1.165, 1.54) is 11.6 Å². The molecule has 1 atom stereocenters. The molecule has 0 saturated carbocycles. The zero-order chi connectivity index (χ0) is 13.8. The molecule has 2 rings (SSSR count). The first kappa shape index (κ1) is 14.7. The van der Waals surface area contributed by atoms with Gasteiger partial charge in [0.1, 0.15) is 5.82 Å². The summed E-state index contributed by atoms with van der Waals surface area (Å²) in [5, 5.41) is 3.39. The van der Waals surface area contributed by atoms with E-state index in [1.54, 1.807) is 12.1 Å². The largest absolute Gasteiger partial charge is 0.306 e. The summed E-state index contributed by atoms with van der Waals surface area (Å²) in [6.45, 7) is 2.71. The number of nitrogens with one attached hydrogen (secondary N) is 1. The van der Waals surface area contributed by atoms with Crippen molar-refractivity contribution in [2.24, 2.45) is 0 Å². The quantitative estimate of drug-likeness (QED) is 0.761. The highest BCUT2D eigenvalue weighted by atomic mass is 79.9. The minimum atomic E-state index is -0.213. The van der Waals surface area contributed by atoms with Crippen LogP contribution in [0.1, 0.15) is 24.1 Å². The van der Waals surface area contributed by atoms with E-state index >= 15 is 0 Å². The molecule has 1 N–H and O–H groups in total. The Morgan fingerprint density at radius 3 is 2.68 bits per heavy atom. The van der Waals surface area contributed by atoms with Gasteiger partial charge in [0.2, 0.25) is 0 Å². The lowest BCUT2D eigenvalue weighted by atomic mass is 10.1. The molecule has 0 saturated heterocycles. The molecule has 0 bridgehead atoms. The van der Waals surface area contributed by atoms with E-state index < -0.39 is 0 Å². The van der Waals surface area contributed by atoms with Crippen molar-refractivity contribution in [3.8, 4) is 0 Å². The second-order valence-electron chi connectivity index (χ2n) is 4.39. The summed E-state index contributed by atoms with van der Waals surface area (Å²) in [5.74, 6) is -0.213. The average molecular weight is 387 g/mol. The minimum Gasteiger partial charge on any atom is -0.306 e. The van der Waals surface area contributed by atoms with Crippen LogP contribution in [-0.4, -0.2) is 0 Å². The standard InChI is InChI=1S/C15H14Br2FN/c1-10(11-3-2-4-13(16)7-11)19-9-12-8-14(18)5-6-15(12)17/h2-8,10,19H,9H2,1H3/t10-/m1/s1. The second kappa shape index (κ2) is 6.64. The zero-order valence-electron chi connectivity index (χ0n) is 10.5. The molecule has 0 heterocycles. The number of hydrogen-bond donors (Lipinski definition) is 1. The van der Waals surface area contributed by atoms with Crippen LogP contribution in [0.5, 0.6) is 0 Å². The molecule has 100 valence electrons. The predicted molar refractivity (Wildman–Crippen MR) is 83.5 cm³/mol. The summed E-state index contributed by atoms with van der Waals surface area (Å²) in [4.78, 5) is 0. The Kier molecular flexibility index (Phi) is 5.13. The van der Waals surface area contributed by atoms with Gasteiger partial charge in [-0.1, -0.05) is 44.0 Å². The average Bonchev–Trinajstić information content (AvgIpc) is 2.39. The molecule has 19 heavy (non-hydrogen) atoms. The lowest BCUT2D eigenvalue weighted by Gasteiger charge is -2.15. The molecular weight excluding hydrogens is 373 g/mol. The number of hydrogen-bond acceptors (Lipinski definition) is 1. The molecule has 0 aromatic heterocycles. The molecular formula is C15H14Br2FN. The fourth-order valence-corrected chi connectivity index (χ4v) is 2.64. The fraction of sp³-hybridized carbons (Fsp3) is 0.200. The summed E-state index contributed by atoms with van der Waals surface area (Å²) in [6.07, 6.45) is 0. The maximum atomic E-state index is 13.2. The van der Waals surface area contributed by atoms with E-state index in [2.05, 4.69) is 56.2 Å². The summed E-state index contributed by atoms with van der Waals surface area (Å²) in [5.41, 5.74) is 2.11. The Hall–Kier alpha value is -0.710. The number of benzene rings is 2. The van der Waals surface area contributed by atoms with Gasteiger partial charge in [0, 0.05) is 21.5 Å². The highest BCUT2D eigenvalue weighted by molar-refractivity contribution is 9.10. The lowest BCUT2D eigenvalue weighted by molar-refractivity contribution is 0.568. The number of rotatable bonds is 4. The predicted octanol–water partition coefficient (Wildman–Crippen LogP) is 5.20. The summed E-state index contributed by atoms with van der Waals surface area (Å²) >= 11 is 6.90. The summed E-state index contributed by atoms with van der Waals surface area (Å²) < 4.78 is 15.2. The van der Waals surface area contributed by atoms with Crippen molar-refractivity contribution >= 4 is 31.9 Å². The molecule has 0 spiro atoms. The highest BCUT2D eigenvalue weighted by Gasteiger charge is 2.07. The molecule has 1 nitrogen and oxygen atoms in total. The molecule has 0 radical (unpaired) electrons. The zero-order valence-corrected chi connectivity index (χ0v) is 13.6. The van der Waals surface area contributed by atoms with E-state index in [-0.39, 0.29) is 11.9 Å². The van der Waals surface area contributed by atoms with Crippen LogP contribution in [0, 0.1) is 5.82 Å². The Bertz CT molecular complexity index is 572. The van der Waals surface area contributed by atoms with Crippen molar-refractivity contribution in [1.82, 2.24) is 5.32 Å². The van der Waals surface area contributed by atoms with Gasteiger partial charge in [-0.25, -0.2) is 4.39 Å². The lowest BCUT2D eigenvalue weighted by Crippen LogP contribution is -2.18. The van der Waals surface area contributed by atoms with Gasteiger partial charge in [-0.05, 0) is 48.4 Å². The Morgan fingerprint density at radius 1 is 1.16 bits per heavy atom. The van der Waals surface area contributed by atoms with Crippen molar-refractivity contribution in [1.29, 1.82) is 0 Å². The Morgan fingerprint density at radius 2 is 1.95 bits per heavy atom. The molecule has 0 aliphatic heterocycles. The van der Waals surface area contributed by atoms with Gasteiger partial charge < -0.3 is 5.32 Å². The van der Waals surface area contributed by atoms with Crippen LogP contribution in [0.2, 0.25) is 0 Å². The van der Waals surface area contributed by atoms with E-state index in [1.807, 2.05) is 12.1 Å². The summed E-state index contributed by atoms with van der Waals surface area (Å²) in [7, 11) is 0. The second-order valence-corrected chi connectivity index (χ2v) is 6.16. The Labute approximate surface area is 129 Å². The van der Waals surface area contributed by atoms with Crippen LogP contribution in [0.25, 0.3) is 0 Å². The first-order valence-corrected chi connectivity index (χ1v) is 7.57. The molecule has 0 fully saturated rings. The molecule has 0 aliphatic carbocycles. The monoisotopic (exact) mass is 385 g/mol. The van der Waals surface area contributed by atoms with Crippen LogP contribution in [0.15, 0.2) is 51.4 Å². The van der Waals surface area contributed by atoms with E-state index in [9.17, 15) is 4.39 Å². The van der Waals surface area contributed by atoms with Gasteiger partial charge in [0.25, 0.3) is 0 Å². The highest BCUT2D eigenvalue weighted by Crippen LogP contribution is 2.21. The Balaban J connectivity index is 2.04.